The van der Waals surface area contributed by atoms with Gasteiger partial charge in [-0.15, -0.1) is 0 Å². The quantitative estimate of drug-likeness (QED) is 0.233. The Balaban J connectivity index is 1.34. The monoisotopic (exact) mass is 537 g/mol. The smallest absolute Gasteiger partial charge is 0.199 e. The molecule has 1 aliphatic rings. The van der Waals surface area contributed by atoms with Gasteiger partial charge < -0.3 is 9.84 Å². The van der Waals surface area contributed by atoms with E-state index in [9.17, 15) is 9.90 Å². The molecule has 0 saturated carbocycles. The molecule has 0 radical (unpaired) electrons. The van der Waals surface area contributed by atoms with Crippen LogP contribution >= 0.6 is 11.6 Å². The van der Waals surface area contributed by atoms with Gasteiger partial charge in [0.15, 0.2) is 5.78 Å². The van der Waals surface area contributed by atoms with Crippen molar-refractivity contribution in [2.45, 2.75) is 19.7 Å². The Morgan fingerprint density at radius 1 is 0.846 bits per heavy atom. The molecular formula is C32H28ClN3O3. The molecule has 0 unspecified atom stereocenters. The number of rotatable bonds is 10. The first-order valence-electron chi connectivity index (χ1n) is 13.0. The molecule has 1 heterocycles. The molecule has 0 bridgehead atoms. The van der Waals surface area contributed by atoms with Crippen LogP contribution < -0.4 is 4.74 Å². The van der Waals surface area contributed by atoms with Crippen LogP contribution in [0.15, 0.2) is 91.0 Å². The average molecular weight is 538 g/mol. The van der Waals surface area contributed by atoms with Crippen LogP contribution in [0.3, 0.4) is 0 Å². The molecule has 0 atom stereocenters. The van der Waals surface area contributed by atoms with Crippen LogP contribution in [0.5, 0.6) is 5.75 Å². The number of hydrogen-bond donors (Lipinski definition) is 1. The maximum absolute atomic E-state index is 13.9. The first-order valence-corrected chi connectivity index (χ1v) is 13.4. The molecule has 0 fully saturated rings. The van der Waals surface area contributed by atoms with E-state index in [4.69, 9.17) is 21.4 Å². The molecule has 4 aromatic carbocycles. The lowest BCUT2D eigenvalue weighted by atomic mass is 9.87. The molecule has 5 aromatic rings. The number of aromatic nitrogens is 2. The van der Waals surface area contributed by atoms with Crippen molar-refractivity contribution in [1.29, 1.82) is 0 Å². The highest BCUT2D eigenvalue weighted by atomic mass is 35.5. The first-order chi connectivity index (χ1) is 19.1. The number of benzene rings is 4. The second-order valence-corrected chi connectivity index (χ2v) is 10.1. The zero-order valence-electron chi connectivity index (χ0n) is 21.4. The minimum absolute atomic E-state index is 0.0747. The zero-order chi connectivity index (χ0) is 26.8. The van der Waals surface area contributed by atoms with Gasteiger partial charge in [-0.2, -0.15) is 5.10 Å². The number of ether oxygens (including phenoxy) is 1. The van der Waals surface area contributed by atoms with Gasteiger partial charge in [0.05, 0.1) is 34.8 Å². The second kappa shape index (κ2) is 11.0. The Hall–Kier alpha value is -3.97. The summed E-state index contributed by atoms with van der Waals surface area (Å²) in [4.78, 5) is 16.1. The maximum atomic E-state index is 13.9. The number of fused-ring (bicyclic) bond motifs is 2. The van der Waals surface area contributed by atoms with Crippen LogP contribution in [0.4, 0.5) is 0 Å². The van der Waals surface area contributed by atoms with E-state index in [1.54, 1.807) is 6.07 Å². The fraction of sp³-hybridized carbons (Fsp3) is 0.188. The number of aliphatic hydroxyl groups is 1. The van der Waals surface area contributed by atoms with Crippen molar-refractivity contribution in [2.24, 2.45) is 0 Å². The van der Waals surface area contributed by atoms with E-state index in [2.05, 4.69) is 17.0 Å². The fourth-order valence-corrected chi connectivity index (χ4v) is 5.50. The summed E-state index contributed by atoms with van der Waals surface area (Å²) in [6, 6.07) is 29.4. The van der Waals surface area contributed by atoms with Gasteiger partial charge in [0.25, 0.3) is 0 Å². The van der Waals surface area contributed by atoms with E-state index in [0.717, 1.165) is 34.3 Å². The molecule has 0 saturated heterocycles. The summed E-state index contributed by atoms with van der Waals surface area (Å²) >= 11 is 6.63. The van der Waals surface area contributed by atoms with Gasteiger partial charge in [-0.3, -0.25) is 14.4 Å². The molecule has 196 valence electrons. The summed E-state index contributed by atoms with van der Waals surface area (Å²) in [5.74, 6) is 0.369. The molecular weight excluding hydrogens is 510 g/mol. The molecule has 7 heteroatoms. The lowest BCUT2D eigenvalue weighted by Crippen LogP contribution is -2.30. The molecule has 1 N–H and O–H groups in total. The number of carbonyl (C=O) groups is 1. The van der Waals surface area contributed by atoms with Crippen molar-refractivity contribution >= 4 is 28.3 Å². The Labute approximate surface area is 232 Å². The Bertz CT molecular complexity index is 1630. The molecule has 0 amide bonds. The van der Waals surface area contributed by atoms with Crippen molar-refractivity contribution in [3.05, 3.63) is 118 Å². The van der Waals surface area contributed by atoms with Gasteiger partial charge in [-0.05, 0) is 29.3 Å². The van der Waals surface area contributed by atoms with Gasteiger partial charge in [0, 0.05) is 30.6 Å². The highest BCUT2D eigenvalue weighted by Crippen LogP contribution is 2.44. The van der Waals surface area contributed by atoms with E-state index < -0.39 is 0 Å². The molecule has 6 rings (SSSR count). The number of halogens is 1. The van der Waals surface area contributed by atoms with Crippen LogP contribution in [0.2, 0.25) is 5.02 Å². The highest BCUT2D eigenvalue weighted by Gasteiger charge is 2.33. The van der Waals surface area contributed by atoms with E-state index >= 15 is 0 Å². The van der Waals surface area contributed by atoms with Crippen LogP contribution in [0.1, 0.15) is 27.0 Å². The van der Waals surface area contributed by atoms with E-state index in [1.807, 2.05) is 77.5 Å². The topological polar surface area (TPSA) is 67.6 Å². The van der Waals surface area contributed by atoms with Crippen molar-refractivity contribution in [2.75, 3.05) is 19.7 Å². The standard InChI is InChI=1S/C32H28ClN3O3/c33-25-14-15-26-30-29(25)32(38)28-24(12-7-13-27(28)39-21-23-10-5-2-6-11-23)31(30)34-36(26)17-16-35(18-19-37)20-22-8-3-1-4-9-22/h1-15,37H,16-21H2. The summed E-state index contributed by atoms with van der Waals surface area (Å²) < 4.78 is 8.10. The summed E-state index contributed by atoms with van der Waals surface area (Å²) in [6.07, 6.45) is 0. The average Bonchev–Trinajstić information content (AvgIpc) is 3.34. The molecule has 1 aromatic heterocycles. The van der Waals surface area contributed by atoms with Gasteiger partial charge in [0.2, 0.25) is 0 Å². The van der Waals surface area contributed by atoms with Gasteiger partial charge in [-0.25, -0.2) is 0 Å². The molecule has 6 nitrogen and oxygen atoms in total. The van der Waals surface area contributed by atoms with Crippen LogP contribution in [0, 0.1) is 0 Å². The first kappa shape index (κ1) is 25.3. The predicted octanol–water partition coefficient (Wildman–Crippen LogP) is 5.97. The Morgan fingerprint density at radius 2 is 1.59 bits per heavy atom. The lowest BCUT2D eigenvalue weighted by molar-refractivity contribution is 0.103. The van der Waals surface area contributed by atoms with Crippen molar-refractivity contribution in [3.63, 3.8) is 0 Å². The fourth-order valence-electron chi connectivity index (χ4n) is 5.26. The summed E-state index contributed by atoms with van der Waals surface area (Å²) in [5, 5.41) is 15.8. The number of carbonyl (C=O) groups excluding carboxylic acids is 1. The third-order valence-corrected chi connectivity index (χ3v) is 7.45. The van der Waals surface area contributed by atoms with Crippen molar-refractivity contribution in [3.8, 4) is 17.0 Å². The van der Waals surface area contributed by atoms with Crippen molar-refractivity contribution < 1.29 is 14.6 Å². The summed E-state index contributed by atoms with van der Waals surface area (Å²) in [5.41, 5.74) is 5.52. The van der Waals surface area contributed by atoms with E-state index in [0.29, 0.717) is 48.1 Å². The minimum atomic E-state index is -0.151. The normalized spacial score (nSPS) is 12.2. The molecule has 1 aliphatic carbocycles. The van der Waals surface area contributed by atoms with E-state index in [1.165, 1.54) is 5.56 Å². The number of aliphatic hydroxyl groups excluding tert-OH is 1. The third kappa shape index (κ3) is 4.94. The van der Waals surface area contributed by atoms with E-state index in [-0.39, 0.29) is 12.4 Å². The third-order valence-electron chi connectivity index (χ3n) is 7.13. The maximum Gasteiger partial charge on any atom is 0.199 e. The molecule has 0 spiro atoms. The second-order valence-electron chi connectivity index (χ2n) is 9.66. The highest BCUT2D eigenvalue weighted by molar-refractivity contribution is 6.39. The van der Waals surface area contributed by atoms with Gasteiger partial charge in [-0.1, -0.05) is 84.4 Å². The number of hydrogen-bond acceptors (Lipinski definition) is 5. The zero-order valence-corrected chi connectivity index (χ0v) is 22.1. The molecule has 39 heavy (non-hydrogen) atoms. The minimum Gasteiger partial charge on any atom is -0.488 e. The lowest BCUT2D eigenvalue weighted by Gasteiger charge is -2.21. The predicted molar refractivity (Wildman–Crippen MR) is 153 cm³/mol. The summed E-state index contributed by atoms with van der Waals surface area (Å²) in [7, 11) is 0. The Morgan fingerprint density at radius 3 is 2.33 bits per heavy atom. The molecule has 0 aliphatic heterocycles. The van der Waals surface area contributed by atoms with Crippen molar-refractivity contribution in [1.82, 2.24) is 14.7 Å². The largest absolute Gasteiger partial charge is 0.488 e. The van der Waals surface area contributed by atoms with Gasteiger partial charge >= 0.3 is 0 Å². The van der Waals surface area contributed by atoms with Gasteiger partial charge in [0.1, 0.15) is 18.1 Å². The number of ketones is 1. The summed E-state index contributed by atoms with van der Waals surface area (Å²) in [6.45, 7) is 3.00. The Kier molecular flexibility index (Phi) is 7.16. The SMILES string of the molecule is O=C1c2c(OCc3ccccc3)cccc2-c2nn(CCN(CCO)Cc3ccccc3)c3ccc(Cl)c1c23. The van der Waals surface area contributed by atoms with Crippen LogP contribution in [-0.2, 0) is 19.7 Å². The number of nitrogens with zero attached hydrogens (tertiary/aromatic N) is 3. The van der Waals surface area contributed by atoms with Crippen LogP contribution in [-0.4, -0.2) is 45.3 Å². The van der Waals surface area contributed by atoms with Crippen LogP contribution in [0.25, 0.3) is 22.2 Å².